The minimum atomic E-state index is -5.08. The fourth-order valence-corrected chi connectivity index (χ4v) is 4.39. The molecule has 2 unspecified atom stereocenters. The summed E-state index contributed by atoms with van der Waals surface area (Å²) in [4.78, 5) is 26.9. The molecule has 0 spiro atoms. The number of hydrogen-bond acceptors (Lipinski definition) is 9. The summed E-state index contributed by atoms with van der Waals surface area (Å²) in [5.74, 6) is -0.726. The van der Waals surface area contributed by atoms with Crippen LogP contribution in [-0.4, -0.2) is 83.7 Å². The van der Waals surface area contributed by atoms with Crippen LogP contribution >= 0.6 is 0 Å². The van der Waals surface area contributed by atoms with Crippen LogP contribution in [0.25, 0.3) is 5.69 Å². The number of rotatable bonds is 12. The molecule has 6 N–H and O–H groups in total. The van der Waals surface area contributed by atoms with Crippen molar-refractivity contribution in [2.24, 2.45) is 5.73 Å². The molecule has 0 fully saturated rings. The molecule has 3 aromatic carbocycles. The highest BCUT2D eigenvalue weighted by Crippen LogP contribution is 2.34. The van der Waals surface area contributed by atoms with E-state index in [0.29, 0.717) is 34.3 Å². The molecule has 1 heterocycles. The van der Waals surface area contributed by atoms with Crippen LogP contribution in [0.3, 0.4) is 0 Å². The SMILES string of the molecule is COc1cc(C(Nc2ccc(C(=N)N)cc2)c2nn(-c3ccccc3OC)c(=O)[nH]2)ccc1OC(C)CN(C)C.O=C(O)C(F)(F)F. The molecule has 1 aromatic heterocycles. The van der Waals surface area contributed by atoms with Gasteiger partial charge >= 0.3 is 17.8 Å². The molecule has 0 aliphatic rings. The van der Waals surface area contributed by atoms with Crippen molar-refractivity contribution in [1.29, 1.82) is 5.41 Å². The van der Waals surface area contributed by atoms with Crippen molar-refractivity contribution in [3.63, 3.8) is 0 Å². The second-order valence-corrected chi connectivity index (χ2v) is 10.4. The maximum atomic E-state index is 13.1. The first-order valence-electron chi connectivity index (χ1n) is 14.0. The topological polar surface area (TPSA) is 181 Å². The van der Waals surface area contributed by atoms with Gasteiger partial charge in [-0.1, -0.05) is 18.2 Å². The van der Waals surface area contributed by atoms with Gasteiger partial charge in [-0.2, -0.15) is 17.9 Å². The highest BCUT2D eigenvalue weighted by atomic mass is 19.4. The van der Waals surface area contributed by atoms with Gasteiger partial charge < -0.3 is 35.3 Å². The number of benzene rings is 3. The standard InChI is InChI=1S/C29H35N7O4.C2HF3O2/c1-18(17-35(2)3)40-24-15-12-20(16-25(24)39-5)26(32-21-13-10-19(11-14-21)27(30)31)28-33-29(37)36(34-28)22-8-6-7-9-23(22)38-4;3-2(4,5)1(6)7/h6-16,18,26,32H,17H2,1-5H3,(H3,30,31)(H,33,34,37);(H,6,7). The van der Waals surface area contributed by atoms with Crippen LogP contribution in [0.1, 0.15) is 29.9 Å². The molecule has 16 heteroatoms. The molecule has 0 aliphatic carbocycles. The maximum Gasteiger partial charge on any atom is 0.490 e. The summed E-state index contributed by atoms with van der Waals surface area (Å²) in [6.45, 7) is 2.74. The first-order chi connectivity index (χ1) is 22.1. The number of likely N-dealkylation sites (N-methyl/N-ethyl adjacent to an activating group) is 1. The lowest BCUT2D eigenvalue weighted by Crippen LogP contribution is -2.28. The zero-order valence-corrected chi connectivity index (χ0v) is 26.3. The number of carboxylic acids is 1. The van der Waals surface area contributed by atoms with Crippen molar-refractivity contribution < 1.29 is 37.3 Å². The monoisotopic (exact) mass is 659 g/mol. The highest BCUT2D eigenvalue weighted by molar-refractivity contribution is 5.95. The number of para-hydroxylation sites is 2. The molecule has 4 rings (SSSR count). The third-order valence-electron chi connectivity index (χ3n) is 6.44. The number of nitrogens with two attached hydrogens (primary N) is 1. The Morgan fingerprint density at radius 3 is 2.23 bits per heavy atom. The van der Waals surface area contributed by atoms with Crippen LogP contribution in [0.2, 0.25) is 0 Å². The zero-order valence-electron chi connectivity index (χ0n) is 26.3. The Morgan fingerprint density at radius 2 is 1.68 bits per heavy atom. The van der Waals surface area contributed by atoms with Crippen molar-refractivity contribution >= 4 is 17.5 Å². The average molecular weight is 660 g/mol. The molecule has 2 atom stereocenters. The van der Waals surface area contributed by atoms with Crippen LogP contribution in [0.15, 0.2) is 71.5 Å². The number of ether oxygens (including phenoxy) is 3. The lowest BCUT2D eigenvalue weighted by molar-refractivity contribution is -0.192. The van der Waals surface area contributed by atoms with Gasteiger partial charge in [0.2, 0.25) is 0 Å². The van der Waals surface area contributed by atoms with Crippen molar-refractivity contribution in [2.75, 3.05) is 40.2 Å². The van der Waals surface area contributed by atoms with Crippen LogP contribution in [0.4, 0.5) is 18.9 Å². The van der Waals surface area contributed by atoms with Gasteiger partial charge in [0.15, 0.2) is 17.3 Å². The molecule has 4 aromatic rings. The minimum Gasteiger partial charge on any atom is -0.494 e. The molecule has 252 valence electrons. The number of H-pyrrole nitrogens is 1. The number of halogens is 3. The number of anilines is 1. The molecule has 47 heavy (non-hydrogen) atoms. The second kappa shape index (κ2) is 15.7. The van der Waals surface area contributed by atoms with Gasteiger partial charge in [0.1, 0.15) is 29.4 Å². The highest BCUT2D eigenvalue weighted by Gasteiger charge is 2.38. The van der Waals surface area contributed by atoms with Gasteiger partial charge in [-0.15, -0.1) is 5.10 Å². The fraction of sp³-hybridized carbons (Fsp3) is 0.290. The van der Waals surface area contributed by atoms with Crippen LogP contribution < -0.4 is 31.0 Å². The van der Waals surface area contributed by atoms with Crippen molar-refractivity contribution in [1.82, 2.24) is 19.7 Å². The van der Waals surface area contributed by atoms with E-state index in [1.165, 1.54) is 4.68 Å². The molecule has 13 nitrogen and oxygen atoms in total. The number of nitrogens with zero attached hydrogens (tertiary/aromatic N) is 3. The van der Waals surface area contributed by atoms with Crippen LogP contribution in [-0.2, 0) is 4.79 Å². The summed E-state index contributed by atoms with van der Waals surface area (Å²) in [5.41, 5.74) is 7.84. The number of methoxy groups -OCH3 is 2. The number of carboxylic acid groups (broad SMARTS) is 1. The second-order valence-electron chi connectivity index (χ2n) is 10.4. The van der Waals surface area contributed by atoms with E-state index < -0.39 is 23.9 Å². The number of alkyl halides is 3. The van der Waals surface area contributed by atoms with Gasteiger partial charge in [-0.3, -0.25) is 10.4 Å². The molecule has 0 radical (unpaired) electrons. The van der Waals surface area contributed by atoms with Crippen molar-refractivity contribution in [2.45, 2.75) is 25.2 Å². The minimum absolute atomic E-state index is 0.0215. The Morgan fingerprint density at radius 1 is 1.06 bits per heavy atom. The fourth-order valence-electron chi connectivity index (χ4n) is 4.39. The molecular weight excluding hydrogens is 623 g/mol. The Hall–Kier alpha value is -5.51. The van der Waals surface area contributed by atoms with Gasteiger partial charge in [0.05, 0.1) is 14.2 Å². The number of hydrogen-bond donors (Lipinski definition) is 5. The third-order valence-corrected chi connectivity index (χ3v) is 6.44. The lowest BCUT2D eigenvalue weighted by Gasteiger charge is -2.22. The average Bonchev–Trinajstić information content (AvgIpc) is 3.40. The molecule has 0 bridgehead atoms. The summed E-state index contributed by atoms with van der Waals surface area (Å²) in [7, 11) is 7.11. The number of aromatic nitrogens is 3. The Labute approximate surface area is 268 Å². The first kappa shape index (κ1) is 36.0. The van der Waals surface area contributed by atoms with E-state index in [2.05, 4.69) is 20.3 Å². The lowest BCUT2D eigenvalue weighted by atomic mass is 10.0. The number of carbonyl (C=O) groups is 1. The molecule has 0 aliphatic heterocycles. The van der Waals surface area contributed by atoms with E-state index in [1.807, 2.05) is 63.5 Å². The van der Waals surface area contributed by atoms with Gasteiger partial charge in [-0.25, -0.2) is 9.59 Å². The Kier molecular flexibility index (Phi) is 12.0. The van der Waals surface area contributed by atoms with Gasteiger partial charge in [-0.05, 0) is 75.1 Å². The van der Waals surface area contributed by atoms with Gasteiger partial charge in [0, 0.05) is 17.8 Å². The Bertz CT molecular complexity index is 1720. The molecular formula is C31H36F3N7O6. The quantitative estimate of drug-likeness (QED) is 0.110. The van der Waals surface area contributed by atoms with Crippen molar-refractivity contribution in [3.05, 3.63) is 94.2 Å². The predicted molar refractivity (Wildman–Crippen MR) is 169 cm³/mol. The summed E-state index contributed by atoms with van der Waals surface area (Å²) in [6.07, 6.45) is -5.14. The number of aliphatic carboxylic acids is 1. The zero-order chi connectivity index (χ0) is 34.9. The van der Waals surface area contributed by atoms with E-state index in [4.69, 9.17) is 35.3 Å². The summed E-state index contributed by atoms with van der Waals surface area (Å²) in [5, 5.41) is 22.9. The molecule has 0 saturated heterocycles. The van der Waals surface area contributed by atoms with E-state index in [1.54, 1.807) is 38.5 Å². The molecule has 0 amide bonds. The van der Waals surface area contributed by atoms with E-state index in [-0.39, 0.29) is 11.9 Å². The van der Waals surface area contributed by atoms with E-state index in [9.17, 15) is 18.0 Å². The molecule has 0 saturated carbocycles. The van der Waals surface area contributed by atoms with E-state index in [0.717, 1.165) is 17.8 Å². The van der Waals surface area contributed by atoms with E-state index >= 15 is 0 Å². The van der Waals surface area contributed by atoms with Gasteiger partial charge in [0.25, 0.3) is 0 Å². The maximum absolute atomic E-state index is 13.1. The number of amidine groups is 1. The van der Waals surface area contributed by atoms with Crippen molar-refractivity contribution in [3.8, 4) is 22.9 Å². The largest absolute Gasteiger partial charge is 0.494 e. The normalized spacial score (nSPS) is 12.4. The number of nitrogens with one attached hydrogen (secondary N) is 3. The summed E-state index contributed by atoms with van der Waals surface area (Å²) < 4.78 is 50.3. The Balaban J connectivity index is 0.000000771. The number of aromatic amines is 1. The van der Waals surface area contributed by atoms with Crippen LogP contribution in [0.5, 0.6) is 17.2 Å². The summed E-state index contributed by atoms with van der Waals surface area (Å²) >= 11 is 0. The third kappa shape index (κ3) is 9.74. The first-order valence-corrected chi connectivity index (χ1v) is 14.0. The number of nitrogen functional groups attached to an aromatic ring is 1. The predicted octanol–water partition coefficient (Wildman–Crippen LogP) is 4.03. The smallest absolute Gasteiger partial charge is 0.490 e. The summed E-state index contributed by atoms with van der Waals surface area (Å²) in [6, 6.07) is 19.3. The van der Waals surface area contributed by atoms with Crippen LogP contribution in [0, 0.1) is 5.41 Å².